The predicted octanol–water partition coefficient (Wildman–Crippen LogP) is 2.86. The molecule has 1 aromatic heterocycles. The highest BCUT2D eigenvalue weighted by Crippen LogP contribution is 2.37. The number of piperazine rings is 1. The number of halogens is 1. The van der Waals surface area contributed by atoms with Gasteiger partial charge in [-0.1, -0.05) is 30.9 Å². The number of aromatic nitrogens is 1. The molecule has 1 aliphatic carbocycles. The number of hydrogen-bond donors (Lipinski definition) is 0. The molecule has 3 rings (SSSR count). The van der Waals surface area contributed by atoms with E-state index in [-0.39, 0.29) is 5.91 Å². The Kier molecular flexibility index (Phi) is 4.72. The van der Waals surface area contributed by atoms with Gasteiger partial charge in [-0.2, -0.15) is 5.26 Å². The standard InChI is InChI=1S/C17H21ClN4O/c18-14-4-5-15(20-12-14)21-8-10-22(11-9-21)16(23)17(13-19)6-2-1-3-7-17/h4-5,12H,1-3,6-11H2. The quantitative estimate of drug-likeness (QED) is 0.835. The van der Waals surface area contributed by atoms with E-state index >= 15 is 0 Å². The summed E-state index contributed by atoms with van der Waals surface area (Å²) in [7, 11) is 0. The summed E-state index contributed by atoms with van der Waals surface area (Å²) in [6.07, 6.45) is 6.15. The number of carbonyl (C=O) groups is 1. The van der Waals surface area contributed by atoms with Gasteiger partial charge in [0, 0.05) is 32.4 Å². The molecule has 6 heteroatoms. The van der Waals surface area contributed by atoms with E-state index in [2.05, 4.69) is 16.0 Å². The number of amides is 1. The molecule has 0 aromatic carbocycles. The topological polar surface area (TPSA) is 60.2 Å². The molecule has 0 bridgehead atoms. The van der Waals surface area contributed by atoms with Gasteiger partial charge in [0.25, 0.3) is 0 Å². The molecule has 1 amide bonds. The lowest BCUT2D eigenvalue weighted by Crippen LogP contribution is -2.53. The van der Waals surface area contributed by atoms with Gasteiger partial charge in [-0.25, -0.2) is 4.98 Å². The van der Waals surface area contributed by atoms with E-state index in [1.165, 1.54) is 0 Å². The average molecular weight is 333 g/mol. The highest BCUT2D eigenvalue weighted by Gasteiger charge is 2.43. The zero-order valence-electron chi connectivity index (χ0n) is 13.2. The molecule has 1 aromatic rings. The first-order valence-electron chi connectivity index (χ1n) is 8.22. The highest BCUT2D eigenvalue weighted by molar-refractivity contribution is 6.30. The van der Waals surface area contributed by atoms with E-state index in [0.717, 1.165) is 38.2 Å². The first kappa shape index (κ1) is 16.1. The molecule has 1 saturated carbocycles. The molecular weight excluding hydrogens is 312 g/mol. The van der Waals surface area contributed by atoms with E-state index in [4.69, 9.17) is 11.6 Å². The maximum absolute atomic E-state index is 12.8. The lowest BCUT2D eigenvalue weighted by Gasteiger charge is -2.40. The normalized spacial score (nSPS) is 20.9. The number of anilines is 1. The lowest BCUT2D eigenvalue weighted by atomic mass is 9.74. The van der Waals surface area contributed by atoms with Gasteiger partial charge >= 0.3 is 0 Å². The van der Waals surface area contributed by atoms with Crippen molar-refractivity contribution in [3.05, 3.63) is 23.4 Å². The van der Waals surface area contributed by atoms with E-state index in [1.54, 1.807) is 6.20 Å². The first-order chi connectivity index (χ1) is 11.1. The number of rotatable bonds is 2. The Labute approximate surface area is 141 Å². The van der Waals surface area contributed by atoms with Crippen LogP contribution in [0.3, 0.4) is 0 Å². The molecule has 0 atom stereocenters. The van der Waals surface area contributed by atoms with Crippen molar-refractivity contribution in [2.24, 2.45) is 5.41 Å². The predicted molar refractivity (Wildman–Crippen MR) is 89.2 cm³/mol. The van der Waals surface area contributed by atoms with Gasteiger partial charge < -0.3 is 9.80 Å². The number of carbonyl (C=O) groups excluding carboxylic acids is 1. The second kappa shape index (κ2) is 6.76. The van der Waals surface area contributed by atoms with Crippen LogP contribution in [0.4, 0.5) is 5.82 Å². The number of pyridine rings is 1. The molecule has 5 nitrogen and oxygen atoms in total. The summed E-state index contributed by atoms with van der Waals surface area (Å²) in [6.45, 7) is 2.77. The van der Waals surface area contributed by atoms with Crippen LogP contribution in [0, 0.1) is 16.7 Å². The molecule has 23 heavy (non-hydrogen) atoms. The smallest absolute Gasteiger partial charge is 0.243 e. The van der Waals surface area contributed by atoms with Crippen LogP contribution >= 0.6 is 11.6 Å². The SMILES string of the molecule is N#CC1(C(=O)N2CCN(c3ccc(Cl)cn3)CC2)CCCCC1. The summed E-state index contributed by atoms with van der Waals surface area (Å²) in [5, 5.41) is 10.2. The second-order valence-corrected chi connectivity index (χ2v) is 6.80. The maximum Gasteiger partial charge on any atom is 0.243 e. The third kappa shape index (κ3) is 3.28. The summed E-state index contributed by atoms with van der Waals surface area (Å²) in [5.74, 6) is 0.914. The van der Waals surface area contributed by atoms with Crippen molar-refractivity contribution in [3.63, 3.8) is 0 Å². The molecule has 0 N–H and O–H groups in total. The first-order valence-corrected chi connectivity index (χ1v) is 8.60. The van der Waals surface area contributed by atoms with Crippen molar-refractivity contribution in [3.8, 4) is 6.07 Å². The van der Waals surface area contributed by atoms with Gasteiger partial charge in [0.1, 0.15) is 11.2 Å². The van der Waals surface area contributed by atoms with Crippen LogP contribution in [0.15, 0.2) is 18.3 Å². The second-order valence-electron chi connectivity index (χ2n) is 6.37. The summed E-state index contributed by atoms with van der Waals surface area (Å²) in [4.78, 5) is 21.2. The molecule has 122 valence electrons. The van der Waals surface area contributed by atoms with E-state index in [1.807, 2.05) is 17.0 Å². The molecule has 1 aliphatic heterocycles. The van der Waals surface area contributed by atoms with Crippen molar-refractivity contribution in [2.75, 3.05) is 31.1 Å². The Balaban J connectivity index is 1.63. The molecule has 0 radical (unpaired) electrons. The minimum Gasteiger partial charge on any atom is -0.353 e. The average Bonchev–Trinajstić information content (AvgIpc) is 2.62. The van der Waals surface area contributed by atoms with Gasteiger partial charge in [-0.15, -0.1) is 0 Å². The van der Waals surface area contributed by atoms with Gasteiger partial charge in [0.15, 0.2) is 0 Å². The third-order valence-electron chi connectivity index (χ3n) is 4.93. The molecule has 1 saturated heterocycles. The van der Waals surface area contributed by atoms with Crippen molar-refractivity contribution in [1.82, 2.24) is 9.88 Å². The molecular formula is C17H21ClN4O. The summed E-state index contributed by atoms with van der Waals surface area (Å²) in [6, 6.07) is 6.06. The fourth-order valence-electron chi connectivity index (χ4n) is 3.53. The fraction of sp³-hybridized carbons (Fsp3) is 0.588. The highest BCUT2D eigenvalue weighted by atomic mass is 35.5. The van der Waals surface area contributed by atoms with Gasteiger partial charge in [-0.05, 0) is 25.0 Å². The van der Waals surface area contributed by atoms with Crippen molar-refractivity contribution in [2.45, 2.75) is 32.1 Å². The molecule has 0 unspecified atom stereocenters. The Morgan fingerprint density at radius 2 is 1.87 bits per heavy atom. The minimum absolute atomic E-state index is 0.0309. The Bertz CT molecular complexity index is 596. The summed E-state index contributed by atoms with van der Waals surface area (Å²) < 4.78 is 0. The van der Waals surface area contributed by atoms with Crippen LogP contribution in [0.25, 0.3) is 0 Å². The fourth-order valence-corrected chi connectivity index (χ4v) is 3.64. The number of nitrogens with zero attached hydrogens (tertiary/aromatic N) is 4. The van der Waals surface area contributed by atoms with E-state index in [0.29, 0.717) is 31.0 Å². The van der Waals surface area contributed by atoms with Crippen molar-refractivity contribution >= 4 is 23.3 Å². The van der Waals surface area contributed by atoms with Crippen LogP contribution in [0.5, 0.6) is 0 Å². The zero-order valence-corrected chi connectivity index (χ0v) is 13.9. The monoisotopic (exact) mass is 332 g/mol. The number of hydrogen-bond acceptors (Lipinski definition) is 4. The Morgan fingerprint density at radius 3 is 2.43 bits per heavy atom. The molecule has 2 fully saturated rings. The van der Waals surface area contributed by atoms with E-state index in [9.17, 15) is 10.1 Å². The van der Waals surface area contributed by atoms with Crippen LogP contribution in [-0.4, -0.2) is 42.0 Å². The molecule has 2 heterocycles. The van der Waals surface area contributed by atoms with Gasteiger partial charge in [-0.3, -0.25) is 4.79 Å². The molecule has 2 aliphatic rings. The maximum atomic E-state index is 12.8. The van der Waals surface area contributed by atoms with Crippen LogP contribution in [0.1, 0.15) is 32.1 Å². The van der Waals surface area contributed by atoms with Crippen molar-refractivity contribution in [1.29, 1.82) is 5.26 Å². The van der Waals surface area contributed by atoms with Crippen LogP contribution in [0.2, 0.25) is 5.02 Å². The number of nitriles is 1. The zero-order chi connectivity index (χ0) is 16.3. The van der Waals surface area contributed by atoms with Gasteiger partial charge in [0.05, 0.1) is 11.1 Å². The van der Waals surface area contributed by atoms with Gasteiger partial charge in [0.2, 0.25) is 5.91 Å². The van der Waals surface area contributed by atoms with Crippen LogP contribution < -0.4 is 4.90 Å². The Morgan fingerprint density at radius 1 is 1.17 bits per heavy atom. The minimum atomic E-state index is -0.779. The Hall–Kier alpha value is -1.80. The lowest BCUT2D eigenvalue weighted by molar-refractivity contribution is -0.140. The van der Waals surface area contributed by atoms with Crippen molar-refractivity contribution < 1.29 is 4.79 Å². The molecule has 0 spiro atoms. The van der Waals surface area contributed by atoms with Crippen LogP contribution in [-0.2, 0) is 4.79 Å². The largest absolute Gasteiger partial charge is 0.353 e. The van der Waals surface area contributed by atoms with E-state index < -0.39 is 5.41 Å². The third-order valence-corrected chi connectivity index (χ3v) is 5.16. The summed E-state index contributed by atoms with van der Waals surface area (Å²) in [5.41, 5.74) is -0.779. The summed E-state index contributed by atoms with van der Waals surface area (Å²) >= 11 is 5.87.